The summed E-state index contributed by atoms with van der Waals surface area (Å²) in [6.45, 7) is 3.82. The number of carbonyl (C=O) groups excluding carboxylic acids is 1. The number of aryl methyl sites for hydroxylation is 1. The van der Waals surface area contributed by atoms with Crippen molar-refractivity contribution in [2.45, 2.75) is 26.3 Å². The van der Waals surface area contributed by atoms with E-state index < -0.39 is 0 Å². The van der Waals surface area contributed by atoms with Crippen LogP contribution in [0.5, 0.6) is 0 Å². The molecule has 0 saturated carbocycles. The molecule has 1 unspecified atom stereocenters. The summed E-state index contributed by atoms with van der Waals surface area (Å²) in [6, 6.07) is 8.11. The van der Waals surface area contributed by atoms with Crippen LogP contribution in [0.2, 0.25) is 0 Å². The molecule has 1 aromatic heterocycles. The molecule has 2 heterocycles. The molecule has 1 aromatic carbocycles. The van der Waals surface area contributed by atoms with Gasteiger partial charge >= 0.3 is 0 Å². The van der Waals surface area contributed by atoms with Gasteiger partial charge in [-0.2, -0.15) is 0 Å². The van der Waals surface area contributed by atoms with Crippen molar-refractivity contribution in [3.63, 3.8) is 0 Å². The van der Waals surface area contributed by atoms with Crippen molar-refractivity contribution < 1.29 is 4.79 Å². The van der Waals surface area contributed by atoms with Gasteiger partial charge in [0.15, 0.2) is 0 Å². The normalized spacial score (nSPS) is 17.9. The van der Waals surface area contributed by atoms with E-state index in [-0.39, 0.29) is 17.8 Å². The first-order valence-electron chi connectivity index (χ1n) is 5.97. The Bertz CT molecular complexity index is 605. The number of aromatic nitrogens is 3. The number of benzene rings is 1. The van der Waals surface area contributed by atoms with E-state index in [1.807, 2.05) is 25.1 Å². The molecule has 1 amide bonds. The molecular weight excluding hydrogens is 228 g/mol. The van der Waals surface area contributed by atoms with Crippen LogP contribution >= 0.6 is 0 Å². The first-order valence-corrected chi connectivity index (χ1v) is 5.97. The SMILES string of the molecule is Cc1nc(C(=O)N2c3ccccc3CC2C)n[nH]1. The van der Waals surface area contributed by atoms with Gasteiger partial charge < -0.3 is 4.90 Å². The van der Waals surface area contributed by atoms with Gasteiger partial charge in [0.25, 0.3) is 5.91 Å². The topological polar surface area (TPSA) is 61.9 Å². The highest BCUT2D eigenvalue weighted by molar-refractivity contribution is 6.05. The first-order chi connectivity index (χ1) is 8.66. The Kier molecular flexibility index (Phi) is 2.40. The maximum Gasteiger partial charge on any atom is 0.298 e. The Balaban J connectivity index is 2.00. The van der Waals surface area contributed by atoms with Crippen LogP contribution in [-0.4, -0.2) is 27.1 Å². The van der Waals surface area contributed by atoms with Crippen molar-refractivity contribution in [1.82, 2.24) is 15.2 Å². The molecule has 0 fully saturated rings. The number of nitrogens with one attached hydrogen (secondary N) is 1. The maximum atomic E-state index is 12.4. The zero-order valence-corrected chi connectivity index (χ0v) is 10.3. The van der Waals surface area contributed by atoms with Gasteiger partial charge in [-0.25, -0.2) is 4.98 Å². The van der Waals surface area contributed by atoms with Crippen LogP contribution in [0.1, 0.15) is 28.9 Å². The standard InChI is InChI=1S/C13H14N4O/c1-8-7-10-5-3-4-6-11(10)17(8)13(18)12-14-9(2)15-16-12/h3-6,8H,7H2,1-2H3,(H,14,15,16). The number of amides is 1. The largest absolute Gasteiger partial charge is 0.302 e. The van der Waals surface area contributed by atoms with Crippen molar-refractivity contribution in [2.24, 2.45) is 0 Å². The molecule has 1 N–H and O–H groups in total. The number of H-pyrrole nitrogens is 1. The molecule has 0 aliphatic carbocycles. The van der Waals surface area contributed by atoms with E-state index in [1.165, 1.54) is 5.56 Å². The van der Waals surface area contributed by atoms with Gasteiger partial charge in [0.05, 0.1) is 0 Å². The fourth-order valence-corrected chi connectivity index (χ4v) is 2.42. The third kappa shape index (κ3) is 1.59. The van der Waals surface area contributed by atoms with E-state index in [0.29, 0.717) is 5.82 Å². The highest BCUT2D eigenvalue weighted by atomic mass is 16.2. The second-order valence-corrected chi connectivity index (χ2v) is 4.60. The zero-order valence-electron chi connectivity index (χ0n) is 10.3. The Morgan fingerprint density at radius 3 is 2.94 bits per heavy atom. The number of rotatable bonds is 1. The van der Waals surface area contributed by atoms with Gasteiger partial charge in [-0.1, -0.05) is 18.2 Å². The first kappa shape index (κ1) is 11.0. The fraction of sp³-hybridized carbons (Fsp3) is 0.308. The van der Waals surface area contributed by atoms with Crippen molar-refractivity contribution >= 4 is 11.6 Å². The lowest BCUT2D eigenvalue weighted by Crippen LogP contribution is -2.36. The number of hydrogen-bond donors (Lipinski definition) is 1. The molecule has 0 saturated heterocycles. The van der Waals surface area contributed by atoms with Gasteiger partial charge in [-0.3, -0.25) is 9.89 Å². The smallest absolute Gasteiger partial charge is 0.298 e. The molecule has 1 aliphatic heterocycles. The highest BCUT2D eigenvalue weighted by Crippen LogP contribution is 2.32. The van der Waals surface area contributed by atoms with Gasteiger partial charge in [0.1, 0.15) is 5.82 Å². The summed E-state index contributed by atoms with van der Waals surface area (Å²) in [5, 5.41) is 6.64. The lowest BCUT2D eigenvalue weighted by atomic mass is 10.1. The zero-order chi connectivity index (χ0) is 12.7. The van der Waals surface area contributed by atoms with Crippen molar-refractivity contribution in [3.8, 4) is 0 Å². The molecule has 18 heavy (non-hydrogen) atoms. The van der Waals surface area contributed by atoms with Gasteiger partial charge in [-0.05, 0) is 31.9 Å². The van der Waals surface area contributed by atoms with E-state index >= 15 is 0 Å². The molecule has 3 rings (SSSR count). The fourth-order valence-electron chi connectivity index (χ4n) is 2.42. The van der Waals surface area contributed by atoms with E-state index in [4.69, 9.17) is 0 Å². The van der Waals surface area contributed by atoms with Crippen LogP contribution in [0.4, 0.5) is 5.69 Å². The summed E-state index contributed by atoms with van der Waals surface area (Å²) in [4.78, 5) is 18.3. The van der Waals surface area contributed by atoms with E-state index in [1.54, 1.807) is 11.8 Å². The third-order valence-electron chi connectivity index (χ3n) is 3.21. The lowest BCUT2D eigenvalue weighted by molar-refractivity contribution is 0.0972. The van der Waals surface area contributed by atoms with Crippen LogP contribution in [0.25, 0.3) is 0 Å². The number of nitrogens with zero attached hydrogens (tertiary/aromatic N) is 3. The Labute approximate surface area is 105 Å². The Hall–Kier alpha value is -2.17. The molecule has 5 heteroatoms. The second-order valence-electron chi connectivity index (χ2n) is 4.60. The van der Waals surface area contributed by atoms with E-state index in [2.05, 4.69) is 21.2 Å². The van der Waals surface area contributed by atoms with Crippen LogP contribution in [-0.2, 0) is 6.42 Å². The number of fused-ring (bicyclic) bond motifs is 1. The third-order valence-corrected chi connectivity index (χ3v) is 3.21. The molecule has 0 bridgehead atoms. The van der Waals surface area contributed by atoms with Crippen molar-refractivity contribution in [3.05, 3.63) is 41.5 Å². The van der Waals surface area contributed by atoms with Crippen LogP contribution < -0.4 is 4.90 Å². The van der Waals surface area contributed by atoms with E-state index in [9.17, 15) is 4.79 Å². The predicted molar refractivity (Wildman–Crippen MR) is 67.5 cm³/mol. The van der Waals surface area contributed by atoms with Gasteiger partial charge in [0.2, 0.25) is 5.82 Å². The molecule has 0 radical (unpaired) electrons. The van der Waals surface area contributed by atoms with E-state index in [0.717, 1.165) is 12.1 Å². The summed E-state index contributed by atoms with van der Waals surface area (Å²) in [5.74, 6) is 0.742. The number of anilines is 1. The van der Waals surface area contributed by atoms with Gasteiger partial charge in [-0.15, -0.1) is 5.10 Å². The maximum absolute atomic E-state index is 12.4. The molecular formula is C13H14N4O. The molecule has 2 aromatic rings. The highest BCUT2D eigenvalue weighted by Gasteiger charge is 2.32. The molecule has 92 valence electrons. The molecule has 5 nitrogen and oxygen atoms in total. The molecule has 1 aliphatic rings. The summed E-state index contributed by atoms with van der Waals surface area (Å²) in [5.41, 5.74) is 2.17. The van der Waals surface area contributed by atoms with Crippen LogP contribution in [0.15, 0.2) is 24.3 Å². The lowest BCUT2D eigenvalue weighted by Gasteiger charge is -2.20. The minimum absolute atomic E-state index is 0.142. The minimum Gasteiger partial charge on any atom is -0.302 e. The summed E-state index contributed by atoms with van der Waals surface area (Å²) in [6.07, 6.45) is 0.880. The van der Waals surface area contributed by atoms with Crippen LogP contribution in [0.3, 0.4) is 0 Å². The average Bonchev–Trinajstić information content (AvgIpc) is 2.91. The molecule has 1 atom stereocenters. The molecule has 0 spiro atoms. The Morgan fingerprint density at radius 2 is 2.22 bits per heavy atom. The van der Waals surface area contributed by atoms with Crippen molar-refractivity contribution in [1.29, 1.82) is 0 Å². The predicted octanol–water partition coefficient (Wildman–Crippen LogP) is 1.70. The number of aromatic amines is 1. The average molecular weight is 242 g/mol. The quantitative estimate of drug-likeness (QED) is 0.828. The Morgan fingerprint density at radius 1 is 1.44 bits per heavy atom. The second kappa shape index (κ2) is 3.94. The summed E-state index contributed by atoms with van der Waals surface area (Å²) >= 11 is 0. The monoisotopic (exact) mass is 242 g/mol. The van der Waals surface area contributed by atoms with Crippen LogP contribution in [0, 0.1) is 6.92 Å². The number of carbonyl (C=O) groups is 1. The van der Waals surface area contributed by atoms with Gasteiger partial charge in [0, 0.05) is 11.7 Å². The minimum atomic E-state index is -0.142. The number of para-hydroxylation sites is 1. The number of hydrogen-bond acceptors (Lipinski definition) is 3. The summed E-state index contributed by atoms with van der Waals surface area (Å²) < 4.78 is 0. The summed E-state index contributed by atoms with van der Waals surface area (Å²) in [7, 11) is 0. The van der Waals surface area contributed by atoms with Crippen molar-refractivity contribution in [2.75, 3.05) is 4.90 Å².